The van der Waals surface area contributed by atoms with Crippen LogP contribution in [0.1, 0.15) is 32.1 Å². The Morgan fingerprint density at radius 3 is 2.12 bits per heavy atom. The molecule has 0 spiro atoms. The number of hydrogen-bond donors (Lipinski definition) is 1. The van der Waals surface area contributed by atoms with E-state index in [2.05, 4.69) is 12.5 Å². The number of hydrogen-bond acceptors (Lipinski definition) is 1. The summed E-state index contributed by atoms with van der Waals surface area (Å²) in [4.78, 5) is 0. The third kappa shape index (κ3) is 9.16. The molecule has 0 aromatic heterocycles. The van der Waals surface area contributed by atoms with Crippen molar-refractivity contribution in [3.05, 3.63) is 43.1 Å². The maximum Gasteiger partial charge on any atom is 1.00 e. The first-order valence-corrected chi connectivity index (χ1v) is 5.41. The van der Waals surface area contributed by atoms with Crippen LogP contribution in [0.2, 0.25) is 5.02 Å². The van der Waals surface area contributed by atoms with E-state index in [1.54, 1.807) is 18.2 Å². The molecule has 0 heterocycles. The normalized spacial score (nSPS) is 13.6. The molecule has 0 saturated heterocycles. The van der Waals surface area contributed by atoms with Gasteiger partial charge in [0, 0.05) is 0 Å². The summed E-state index contributed by atoms with van der Waals surface area (Å²) in [6.07, 6.45) is 9.50. The molecule has 1 aliphatic carbocycles. The van der Waals surface area contributed by atoms with Gasteiger partial charge < -0.3 is 19.6 Å². The molecule has 1 aromatic rings. The average molecular weight is 232 g/mol. The van der Waals surface area contributed by atoms with Gasteiger partial charge in [-0.3, -0.25) is 0 Å². The van der Waals surface area contributed by atoms with Crippen molar-refractivity contribution in [1.29, 1.82) is 0 Å². The smallest absolute Gasteiger partial charge is 0.420 e. The summed E-state index contributed by atoms with van der Waals surface area (Å²) in [5, 5.41) is 0.654. The van der Waals surface area contributed by atoms with Crippen LogP contribution in [0.3, 0.4) is 0 Å². The van der Waals surface area contributed by atoms with Crippen LogP contribution in [0.25, 0.3) is 0 Å². The predicted molar refractivity (Wildman–Crippen MR) is 68.5 cm³/mol. The minimum atomic E-state index is 0. The Bertz CT molecular complexity index is 233. The Labute approximate surface area is 117 Å². The van der Waals surface area contributed by atoms with Gasteiger partial charge in [0.2, 0.25) is 0 Å². The second-order valence-corrected chi connectivity index (χ2v) is 3.83. The summed E-state index contributed by atoms with van der Waals surface area (Å²) in [7, 11) is 0. The minimum Gasteiger partial charge on any atom is -0.420 e. The van der Waals surface area contributed by atoms with Crippen LogP contribution in [0.15, 0.2) is 18.2 Å². The fraction of sp³-hybridized carbons (Fsp3) is 0.385. The van der Waals surface area contributed by atoms with Crippen molar-refractivity contribution in [2.45, 2.75) is 32.1 Å². The van der Waals surface area contributed by atoms with E-state index in [9.17, 15) is 0 Å². The maximum atomic E-state index is 5.54. The fourth-order valence-electron chi connectivity index (χ4n) is 1.35. The van der Waals surface area contributed by atoms with Gasteiger partial charge in [0.1, 0.15) is 0 Å². The van der Waals surface area contributed by atoms with E-state index in [4.69, 9.17) is 17.3 Å². The van der Waals surface area contributed by atoms with Gasteiger partial charge in [0.15, 0.2) is 0 Å². The summed E-state index contributed by atoms with van der Waals surface area (Å²) in [6.45, 7) is 0. The first kappa shape index (κ1) is 18.3. The summed E-state index contributed by atoms with van der Waals surface area (Å²) in [6, 6.07) is 7.85. The topological polar surface area (TPSA) is 26.0 Å². The monoisotopic (exact) mass is 231 g/mol. The van der Waals surface area contributed by atoms with Crippen molar-refractivity contribution in [3.8, 4) is 0 Å². The molecule has 3 heteroatoms. The third-order valence-electron chi connectivity index (χ3n) is 2.10. The van der Waals surface area contributed by atoms with Gasteiger partial charge in [-0.2, -0.15) is 31.0 Å². The van der Waals surface area contributed by atoms with E-state index in [-0.39, 0.29) is 26.3 Å². The van der Waals surface area contributed by atoms with Crippen molar-refractivity contribution >= 4 is 17.3 Å². The van der Waals surface area contributed by atoms with Crippen molar-refractivity contribution < 1.29 is 18.9 Å². The largest absolute Gasteiger partial charge is 1.00 e. The van der Waals surface area contributed by atoms with Crippen LogP contribution in [0.4, 0.5) is 5.69 Å². The van der Waals surface area contributed by atoms with Crippen LogP contribution < -0.4 is 24.6 Å². The second kappa shape index (κ2) is 11.4. The van der Waals surface area contributed by atoms with Gasteiger partial charge in [0.05, 0.1) is 0 Å². The van der Waals surface area contributed by atoms with E-state index in [1.165, 1.54) is 32.1 Å². The van der Waals surface area contributed by atoms with Gasteiger partial charge in [-0.05, 0) is 0 Å². The minimum absolute atomic E-state index is 0. The van der Waals surface area contributed by atoms with E-state index >= 15 is 0 Å². The standard InChI is InChI=1S/C6H5ClN.C6H11.CH3.Li/c7-5-2-1-3-6(8)4-5;1-2-4-6-5-3-1;;/h1-2,4H,8H2;1H,2-6H2;1H3;/q3*-1;+1. The van der Waals surface area contributed by atoms with Crippen LogP contribution in [-0.4, -0.2) is 0 Å². The van der Waals surface area contributed by atoms with Crippen molar-refractivity contribution in [2.75, 3.05) is 5.73 Å². The number of benzene rings is 1. The number of anilines is 1. The predicted octanol–water partition coefficient (Wildman–Crippen LogP) is 1.33. The number of halogens is 1. The van der Waals surface area contributed by atoms with Gasteiger partial charge in [-0.15, -0.1) is 17.7 Å². The molecule has 1 aromatic carbocycles. The molecule has 0 unspecified atom stereocenters. The number of rotatable bonds is 0. The molecule has 0 atom stereocenters. The Morgan fingerprint density at radius 2 is 1.88 bits per heavy atom. The summed E-state index contributed by atoms with van der Waals surface area (Å²) in [5.74, 6) is 0. The molecular weight excluding hydrogens is 213 g/mol. The Balaban J connectivity index is 0. The van der Waals surface area contributed by atoms with E-state index in [1.807, 2.05) is 0 Å². The molecule has 86 valence electrons. The van der Waals surface area contributed by atoms with Crippen LogP contribution >= 0.6 is 11.6 Å². The number of nitrogens with two attached hydrogens (primary N) is 1. The van der Waals surface area contributed by atoms with Gasteiger partial charge in [0.25, 0.3) is 0 Å². The van der Waals surface area contributed by atoms with Crippen LogP contribution in [-0.2, 0) is 0 Å². The molecule has 1 saturated carbocycles. The Hall–Kier alpha value is -0.0926. The van der Waals surface area contributed by atoms with Crippen molar-refractivity contribution in [3.63, 3.8) is 0 Å². The average Bonchev–Trinajstić information content (AvgIpc) is 2.21. The SMILES string of the molecule is Nc1[c-]ccc(Cl)c1.[CH-]1CCCCC1.[CH3-].[Li+]. The van der Waals surface area contributed by atoms with Gasteiger partial charge in [-0.1, -0.05) is 30.0 Å². The second-order valence-electron chi connectivity index (χ2n) is 3.39. The molecule has 0 aliphatic heterocycles. The molecular formula is C13H19ClLiN-2. The van der Waals surface area contributed by atoms with Crippen LogP contribution in [0, 0.1) is 19.9 Å². The van der Waals surface area contributed by atoms with E-state index < -0.39 is 0 Å². The molecule has 16 heavy (non-hydrogen) atoms. The third-order valence-corrected chi connectivity index (χ3v) is 2.34. The molecule has 1 nitrogen and oxygen atoms in total. The van der Waals surface area contributed by atoms with Crippen molar-refractivity contribution in [2.24, 2.45) is 0 Å². The zero-order valence-corrected chi connectivity index (χ0v) is 11.1. The summed E-state index contributed by atoms with van der Waals surface area (Å²) >= 11 is 5.54. The quantitative estimate of drug-likeness (QED) is 0.407. The molecule has 2 rings (SSSR count). The first-order valence-electron chi connectivity index (χ1n) is 5.03. The molecule has 0 amide bonds. The van der Waals surface area contributed by atoms with Gasteiger partial charge >= 0.3 is 18.9 Å². The Morgan fingerprint density at radius 1 is 1.25 bits per heavy atom. The molecule has 2 N–H and O–H groups in total. The van der Waals surface area contributed by atoms with E-state index in [0.717, 1.165) is 0 Å². The maximum absolute atomic E-state index is 5.54. The first-order chi connectivity index (χ1) is 6.79. The molecule has 1 fully saturated rings. The molecule has 1 aliphatic rings. The summed E-state index contributed by atoms with van der Waals surface area (Å²) < 4.78 is 0. The van der Waals surface area contributed by atoms with Gasteiger partial charge in [-0.25, -0.2) is 0 Å². The molecule has 0 radical (unpaired) electrons. The van der Waals surface area contributed by atoms with E-state index in [0.29, 0.717) is 10.7 Å². The molecule has 0 bridgehead atoms. The fourth-order valence-corrected chi connectivity index (χ4v) is 1.53. The number of nitrogen functional groups attached to an aromatic ring is 1. The Kier molecular flexibility index (Phi) is 13.0. The zero-order chi connectivity index (χ0) is 10.2. The zero-order valence-electron chi connectivity index (χ0n) is 10.3. The van der Waals surface area contributed by atoms with Crippen molar-refractivity contribution in [1.82, 2.24) is 0 Å². The summed E-state index contributed by atoms with van der Waals surface area (Å²) in [5.41, 5.74) is 5.90. The van der Waals surface area contributed by atoms with Crippen LogP contribution in [0.5, 0.6) is 0 Å².